The molecule has 1 amide bonds. The number of rotatable bonds is 6. The number of benzene rings is 1. The second kappa shape index (κ2) is 6.09. The van der Waals surface area contributed by atoms with E-state index in [0.717, 1.165) is 12.8 Å². The van der Waals surface area contributed by atoms with Crippen LogP contribution >= 0.6 is 23.2 Å². The monoisotopic (exact) mass is 302 g/mol. The Kier molecular flexibility index (Phi) is 4.68. The minimum absolute atomic E-state index is 0.0116. The molecular weight excluding hydrogens is 287 g/mol. The molecule has 1 saturated carbocycles. The van der Waals surface area contributed by atoms with Gasteiger partial charge in [-0.3, -0.25) is 4.79 Å². The van der Waals surface area contributed by atoms with Crippen LogP contribution in [-0.4, -0.2) is 30.7 Å². The van der Waals surface area contributed by atoms with Crippen LogP contribution in [0.1, 0.15) is 12.8 Å². The van der Waals surface area contributed by atoms with Crippen molar-refractivity contribution in [2.24, 2.45) is 5.41 Å². The van der Waals surface area contributed by atoms with Crippen molar-refractivity contribution in [3.05, 3.63) is 28.2 Å². The van der Waals surface area contributed by atoms with E-state index >= 15 is 0 Å². The minimum Gasteiger partial charge on any atom is -0.396 e. The van der Waals surface area contributed by atoms with E-state index in [9.17, 15) is 4.79 Å². The van der Waals surface area contributed by atoms with Gasteiger partial charge in [0.15, 0.2) is 0 Å². The van der Waals surface area contributed by atoms with Crippen molar-refractivity contribution in [1.29, 1.82) is 0 Å². The molecule has 0 aliphatic heterocycles. The molecule has 1 aliphatic carbocycles. The number of halogens is 2. The van der Waals surface area contributed by atoms with E-state index in [-0.39, 0.29) is 24.5 Å². The highest BCUT2D eigenvalue weighted by molar-refractivity contribution is 6.39. The molecule has 0 atom stereocenters. The van der Waals surface area contributed by atoms with Gasteiger partial charge >= 0.3 is 0 Å². The Morgan fingerprint density at radius 2 is 1.95 bits per heavy atom. The first-order valence-electron chi connectivity index (χ1n) is 6.12. The number of anilines is 1. The topological polar surface area (TPSA) is 61.4 Å². The Bertz CT molecular complexity index is 455. The molecule has 6 heteroatoms. The highest BCUT2D eigenvalue weighted by atomic mass is 35.5. The average Bonchev–Trinajstić information content (AvgIpc) is 3.15. The lowest BCUT2D eigenvalue weighted by molar-refractivity contribution is -0.115. The van der Waals surface area contributed by atoms with Crippen LogP contribution in [0, 0.1) is 5.41 Å². The lowest BCUT2D eigenvalue weighted by Crippen LogP contribution is -2.33. The summed E-state index contributed by atoms with van der Waals surface area (Å²) in [5.41, 5.74) is 0.420. The molecule has 104 valence electrons. The molecule has 1 fully saturated rings. The summed E-state index contributed by atoms with van der Waals surface area (Å²) < 4.78 is 0. The predicted molar refractivity (Wildman–Crippen MR) is 76.7 cm³/mol. The van der Waals surface area contributed by atoms with Gasteiger partial charge < -0.3 is 15.7 Å². The number of nitrogens with one attached hydrogen (secondary N) is 2. The number of hydrogen-bond acceptors (Lipinski definition) is 3. The third-order valence-corrected chi connectivity index (χ3v) is 3.94. The van der Waals surface area contributed by atoms with E-state index in [1.165, 1.54) is 0 Å². The zero-order valence-corrected chi connectivity index (χ0v) is 11.9. The predicted octanol–water partition coefficient (Wildman–Crippen LogP) is 2.29. The summed E-state index contributed by atoms with van der Waals surface area (Å²) in [6.07, 6.45) is 2.02. The lowest BCUT2D eigenvalue weighted by Gasteiger charge is -2.13. The Morgan fingerprint density at radius 3 is 2.47 bits per heavy atom. The molecule has 0 radical (unpaired) electrons. The lowest BCUT2D eigenvalue weighted by atomic mass is 10.1. The maximum absolute atomic E-state index is 11.8. The van der Waals surface area contributed by atoms with E-state index in [0.29, 0.717) is 22.3 Å². The SMILES string of the molecule is O=C(CNCC1(CO)CC1)Nc1c(Cl)cccc1Cl. The summed E-state index contributed by atoms with van der Waals surface area (Å²) in [6.45, 7) is 0.981. The molecule has 0 aromatic heterocycles. The molecule has 0 bridgehead atoms. The fraction of sp³-hybridized carbons (Fsp3) is 0.462. The summed E-state index contributed by atoms with van der Waals surface area (Å²) >= 11 is 11.9. The fourth-order valence-electron chi connectivity index (χ4n) is 1.81. The molecule has 1 aliphatic rings. The first kappa shape index (κ1) is 14.6. The first-order valence-corrected chi connectivity index (χ1v) is 6.87. The van der Waals surface area contributed by atoms with E-state index in [1.54, 1.807) is 18.2 Å². The van der Waals surface area contributed by atoms with Crippen molar-refractivity contribution in [1.82, 2.24) is 5.32 Å². The molecular formula is C13H16Cl2N2O2. The zero-order chi connectivity index (χ0) is 13.9. The molecule has 1 aromatic rings. The van der Waals surface area contributed by atoms with Gasteiger partial charge in [-0.05, 0) is 25.0 Å². The van der Waals surface area contributed by atoms with Crippen LogP contribution in [0.15, 0.2) is 18.2 Å². The van der Waals surface area contributed by atoms with E-state index in [4.69, 9.17) is 28.3 Å². The number of carbonyl (C=O) groups is 1. The van der Waals surface area contributed by atoms with Gasteiger partial charge in [0.05, 0.1) is 22.3 Å². The van der Waals surface area contributed by atoms with Gasteiger partial charge in [-0.1, -0.05) is 29.3 Å². The summed E-state index contributed by atoms with van der Waals surface area (Å²) in [5, 5.41) is 15.7. The van der Waals surface area contributed by atoms with E-state index in [2.05, 4.69) is 10.6 Å². The van der Waals surface area contributed by atoms with Crippen LogP contribution in [0.2, 0.25) is 10.0 Å². The van der Waals surface area contributed by atoms with Crippen molar-refractivity contribution in [2.45, 2.75) is 12.8 Å². The van der Waals surface area contributed by atoms with E-state index in [1.807, 2.05) is 0 Å². The molecule has 2 rings (SSSR count). The largest absolute Gasteiger partial charge is 0.396 e. The van der Waals surface area contributed by atoms with E-state index < -0.39 is 0 Å². The van der Waals surface area contributed by atoms with Crippen LogP contribution in [0.25, 0.3) is 0 Å². The fourth-order valence-corrected chi connectivity index (χ4v) is 2.30. The summed E-state index contributed by atoms with van der Waals surface area (Å²) in [4.78, 5) is 11.8. The standard InChI is InChI=1S/C13H16Cl2N2O2/c14-9-2-1-3-10(15)12(9)17-11(19)6-16-7-13(8-18)4-5-13/h1-3,16,18H,4-8H2,(H,17,19). The van der Waals surface area contributed by atoms with Crippen molar-refractivity contribution < 1.29 is 9.90 Å². The molecule has 0 heterocycles. The number of aliphatic hydroxyl groups is 1. The Morgan fingerprint density at radius 1 is 1.32 bits per heavy atom. The Hall–Kier alpha value is -0.810. The number of carbonyl (C=O) groups excluding carboxylic acids is 1. The van der Waals surface area contributed by atoms with Gasteiger partial charge in [0.2, 0.25) is 5.91 Å². The van der Waals surface area contributed by atoms with Crippen molar-refractivity contribution in [2.75, 3.05) is 25.0 Å². The Balaban J connectivity index is 1.81. The average molecular weight is 303 g/mol. The minimum atomic E-state index is -0.205. The van der Waals surface area contributed by atoms with Crippen molar-refractivity contribution in [3.63, 3.8) is 0 Å². The van der Waals surface area contributed by atoms with Crippen molar-refractivity contribution >= 4 is 34.8 Å². The second-order valence-electron chi connectivity index (χ2n) is 4.91. The van der Waals surface area contributed by atoms with Crippen LogP contribution in [0.3, 0.4) is 0 Å². The van der Waals surface area contributed by atoms with Gasteiger partial charge in [-0.25, -0.2) is 0 Å². The number of hydrogen-bond donors (Lipinski definition) is 3. The molecule has 3 N–H and O–H groups in total. The van der Waals surface area contributed by atoms with Gasteiger partial charge in [-0.2, -0.15) is 0 Å². The normalized spacial score (nSPS) is 16.2. The summed E-state index contributed by atoms with van der Waals surface area (Å²) in [5.74, 6) is -0.205. The Labute approximate surface area is 122 Å². The number of amides is 1. The summed E-state index contributed by atoms with van der Waals surface area (Å²) in [7, 11) is 0. The zero-order valence-electron chi connectivity index (χ0n) is 10.4. The van der Waals surface area contributed by atoms with Gasteiger partial charge in [0.25, 0.3) is 0 Å². The molecule has 19 heavy (non-hydrogen) atoms. The molecule has 0 spiro atoms. The molecule has 1 aromatic carbocycles. The van der Waals surface area contributed by atoms with Gasteiger partial charge in [-0.15, -0.1) is 0 Å². The molecule has 0 unspecified atom stereocenters. The van der Waals surface area contributed by atoms with Crippen LogP contribution in [0.5, 0.6) is 0 Å². The highest BCUT2D eigenvalue weighted by Crippen LogP contribution is 2.44. The number of aliphatic hydroxyl groups excluding tert-OH is 1. The quantitative estimate of drug-likeness (QED) is 0.755. The third-order valence-electron chi connectivity index (χ3n) is 3.31. The van der Waals surface area contributed by atoms with Gasteiger partial charge in [0.1, 0.15) is 0 Å². The second-order valence-corrected chi connectivity index (χ2v) is 5.72. The van der Waals surface area contributed by atoms with Gasteiger partial charge in [0, 0.05) is 18.6 Å². The van der Waals surface area contributed by atoms with Crippen molar-refractivity contribution in [3.8, 4) is 0 Å². The maximum Gasteiger partial charge on any atom is 0.238 e. The smallest absolute Gasteiger partial charge is 0.238 e. The van der Waals surface area contributed by atoms with Crippen LogP contribution in [-0.2, 0) is 4.79 Å². The summed E-state index contributed by atoms with van der Waals surface area (Å²) in [6, 6.07) is 5.06. The number of para-hydroxylation sites is 1. The maximum atomic E-state index is 11.8. The van der Waals surface area contributed by atoms with Crippen LogP contribution in [0.4, 0.5) is 5.69 Å². The highest BCUT2D eigenvalue weighted by Gasteiger charge is 2.41. The third kappa shape index (κ3) is 3.83. The molecule has 0 saturated heterocycles. The first-order chi connectivity index (χ1) is 9.06. The molecule has 4 nitrogen and oxygen atoms in total. The van der Waals surface area contributed by atoms with Crippen LogP contribution < -0.4 is 10.6 Å².